The Morgan fingerprint density at radius 3 is 1.93 bits per heavy atom. The molecule has 9 atom stereocenters. The van der Waals surface area contributed by atoms with E-state index < -0.39 is 0 Å². The monoisotopic (exact) mass is 410 g/mol. The summed E-state index contributed by atoms with van der Waals surface area (Å²) in [5.41, 5.74) is 4.47. The Morgan fingerprint density at radius 1 is 0.700 bits per heavy atom. The molecule has 0 aromatic rings. The smallest absolute Gasteiger partial charge is 0.00854 e. The second-order valence-electron chi connectivity index (χ2n) is 14.4. The SMILES string of the molecule is CC1=CCCC2[C@]3(C)CCC4(C)[C@@H]5CCC(C(C)C)C5(C)CC[C@]4(C)C3CC[C@]12C. The third kappa shape index (κ3) is 2.36. The van der Waals surface area contributed by atoms with Crippen LogP contribution in [0.5, 0.6) is 0 Å². The fourth-order valence-electron chi connectivity index (χ4n) is 11.7. The lowest BCUT2D eigenvalue weighted by molar-refractivity contribution is -0.235. The first-order valence-electron chi connectivity index (χ1n) is 13.6. The van der Waals surface area contributed by atoms with E-state index in [9.17, 15) is 0 Å². The molecule has 0 aliphatic heterocycles. The molecule has 0 aromatic heterocycles. The summed E-state index contributed by atoms with van der Waals surface area (Å²) in [6.45, 7) is 21.2. The van der Waals surface area contributed by atoms with Crippen LogP contribution in [0.4, 0.5) is 0 Å². The van der Waals surface area contributed by atoms with Crippen molar-refractivity contribution in [3.05, 3.63) is 11.6 Å². The van der Waals surface area contributed by atoms with Gasteiger partial charge in [-0.15, -0.1) is 0 Å². The summed E-state index contributed by atoms with van der Waals surface area (Å²) in [4.78, 5) is 0. The molecule has 0 saturated heterocycles. The predicted octanol–water partition coefficient (Wildman–Crippen LogP) is 9.05. The van der Waals surface area contributed by atoms with Crippen LogP contribution in [0.2, 0.25) is 0 Å². The molecule has 4 saturated carbocycles. The first-order chi connectivity index (χ1) is 13.9. The lowest BCUT2D eigenvalue weighted by atomic mass is 9.32. The number of fused-ring (bicyclic) bond motifs is 7. The Kier molecular flexibility index (Phi) is 4.61. The first-order valence-corrected chi connectivity index (χ1v) is 13.6. The molecule has 0 heteroatoms. The van der Waals surface area contributed by atoms with Crippen LogP contribution >= 0.6 is 0 Å². The van der Waals surface area contributed by atoms with Crippen LogP contribution in [-0.2, 0) is 0 Å². The largest absolute Gasteiger partial charge is 0.0850 e. The lowest BCUT2D eigenvalue weighted by Crippen LogP contribution is -2.65. The number of allylic oxidation sites excluding steroid dienone is 2. The highest BCUT2D eigenvalue weighted by Crippen LogP contribution is 2.78. The maximum absolute atomic E-state index is 2.80. The zero-order valence-electron chi connectivity index (χ0n) is 21.5. The maximum Gasteiger partial charge on any atom is -0.00854 e. The van der Waals surface area contributed by atoms with E-state index in [1.54, 1.807) is 5.57 Å². The highest BCUT2D eigenvalue weighted by atomic mass is 14.7. The zero-order valence-corrected chi connectivity index (χ0v) is 21.5. The van der Waals surface area contributed by atoms with E-state index in [4.69, 9.17) is 0 Å². The van der Waals surface area contributed by atoms with Gasteiger partial charge in [0.25, 0.3) is 0 Å². The summed E-state index contributed by atoms with van der Waals surface area (Å²) in [7, 11) is 0. The highest BCUT2D eigenvalue weighted by Gasteiger charge is 2.71. The Morgan fingerprint density at radius 2 is 1.30 bits per heavy atom. The van der Waals surface area contributed by atoms with Crippen molar-refractivity contribution >= 4 is 0 Å². The van der Waals surface area contributed by atoms with Crippen LogP contribution < -0.4 is 0 Å². The molecule has 0 amide bonds. The summed E-state index contributed by atoms with van der Waals surface area (Å²) in [5.74, 6) is 4.62. The fourth-order valence-corrected chi connectivity index (χ4v) is 11.7. The van der Waals surface area contributed by atoms with E-state index in [1.165, 1.54) is 64.2 Å². The minimum Gasteiger partial charge on any atom is -0.0850 e. The molecular weight excluding hydrogens is 360 g/mol. The summed E-state index contributed by atoms with van der Waals surface area (Å²) in [6.07, 6.45) is 17.3. The normalized spacial score (nSPS) is 57.8. The predicted molar refractivity (Wildman–Crippen MR) is 129 cm³/mol. The summed E-state index contributed by atoms with van der Waals surface area (Å²) in [6, 6.07) is 0. The van der Waals surface area contributed by atoms with Gasteiger partial charge in [0.2, 0.25) is 0 Å². The molecule has 0 spiro atoms. The zero-order chi connectivity index (χ0) is 21.7. The molecule has 0 N–H and O–H groups in total. The lowest BCUT2D eigenvalue weighted by Gasteiger charge is -2.73. The van der Waals surface area contributed by atoms with Crippen molar-refractivity contribution in [2.24, 2.45) is 56.7 Å². The molecule has 170 valence electrons. The van der Waals surface area contributed by atoms with Crippen molar-refractivity contribution in [2.75, 3.05) is 0 Å². The van der Waals surface area contributed by atoms with Crippen molar-refractivity contribution in [3.63, 3.8) is 0 Å². The molecule has 4 fully saturated rings. The molecule has 5 aliphatic carbocycles. The van der Waals surface area contributed by atoms with E-state index in [0.29, 0.717) is 27.1 Å². The third-order valence-electron chi connectivity index (χ3n) is 13.5. The minimum absolute atomic E-state index is 0.479. The van der Waals surface area contributed by atoms with E-state index in [0.717, 1.165) is 29.6 Å². The van der Waals surface area contributed by atoms with Crippen LogP contribution in [0.3, 0.4) is 0 Å². The van der Waals surface area contributed by atoms with Crippen LogP contribution in [0.15, 0.2) is 11.6 Å². The van der Waals surface area contributed by atoms with E-state index in [1.807, 2.05) is 0 Å². The second kappa shape index (κ2) is 6.41. The molecular formula is C30H50. The first kappa shape index (κ1) is 21.6. The highest BCUT2D eigenvalue weighted by molar-refractivity contribution is 5.25. The van der Waals surface area contributed by atoms with Gasteiger partial charge in [-0.2, -0.15) is 0 Å². The molecule has 5 unspecified atom stereocenters. The van der Waals surface area contributed by atoms with Gasteiger partial charge >= 0.3 is 0 Å². The molecule has 0 heterocycles. The Bertz CT molecular complexity index is 745. The summed E-state index contributed by atoms with van der Waals surface area (Å²) >= 11 is 0. The molecule has 0 aromatic carbocycles. The van der Waals surface area contributed by atoms with Gasteiger partial charge < -0.3 is 0 Å². The van der Waals surface area contributed by atoms with Crippen LogP contribution in [0.1, 0.15) is 120 Å². The van der Waals surface area contributed by atoms with Crippen molar-refractivity contribution in [3.8, 4) is 0 Å². The molecule has 0 bridgehead atoms. The van der Waals surface area contributed by atoms with Gasteiger partial charge in [-0.1, -0.05) is 60.1 Å². The average Bonchev–Trinajstić information content (AvgIpc) is 3.04. The average molecular weight is 411 g/mol. The standard InChI is InChI=1S/C30H50/c1-20(2)22-12-13-24-27(22,5)16-18-30(8)25-14-15-26(4)21(3)10-9-11-23(26)28(25,6)17-19-29(24,30)7/h10,20,22-25H,9,11-19H2,1-8H3/t22?,23?,24-,25?,26-,27?,28+,29?,30-/m1/s1. The number of rotatable bonds is 1. The van der Waals surface area contributed by atoms with Crippen LogP contribution in [-0.4, -0.2) is 0 Å². The Labute approximate surface area is 188 Å². The maximum atomic E-state index is 2.80. The van der Waals surface area contributed by atoms with E-state index >= 15 is 0 Å². The number of hydrogen-bond acceptors (Lipinski definition) is 0. The van der Waals surface area contributed by atoms with Crippen LogP contribution in [0, 0.1) is 56.7 Å². The summed E-state index contributed by atoms with van der Waals surface area (Å²) in [5, 5.41) is 0. The fraction of sp³-hybridized carbons (Fsp3) is 0.933. The minimum atomic E-state index is 0.479. The van der Waals surface area contributed by atoms with Gasteiger partial charge in [-0.25, -0.2) is 0 Å². The van der Waals surface area contributed by atoms with Gasteiger partial charge in [0.05, 0.1) is 0 Å². The van der Waals surface area contributed by atoms with Crippen molar-refractivity contribution in [1.29, 1.82) is 0 Å². The Balaban J connectivity index is 1.54. The van der Waals surface area contributed by atoms with Crippen molar-refractivity contribution in [2.45, 2.75) is 120 Å². The van der Waals surface area contributed by atoms with E-state index in [2.05, 4.69) is 61.5 Å². The third-order valence-corrected chi connectivity index (χ3v) is 13.5. The van der Waals surface area contributed by atoms with E-state index in [-0.39, 0.29) is 0 Å². The van der Waals surface area contributed by atoms with Crippen molar-refractivity contribution in [1.82, 2.24) is 0 Å². The second-order valence-corrected chi connectivity index (χ2v) is 14.4. The van der Waals surface area contributed by atoms with Gasteiger partial charge in [-0.05, 0) is 128 Å². The van der Waals surface area contributed by atoms with Crippen LogP contribution in [0.25, 0.3) is 0 Å². The van der Waals surface area contributed by atoms with Gasteiger partial charge in [0, 0.05) is 0 Å². The molecule has 5 aliphatic rings. The van der Waals surface area contributed by atoms with Crippen molar-refractivity contribution < 1.29 is 0 Å². The van der Waals surface area contributed by atoms with Gasteiger partial charge in [-0.3, -0.25) is 0 Å². The Hall–Kier alpha value is -0.260. The summed E-state index contributed by atoms with van der Waals surface area (Å²) < 4.78 is 0. The molecule has 0 radical (unpaired) electrons. The van der Waals surface area contributed by atoms with Gasteiger partial charge in [0.15, 0.2) is 0 Å². The number of hydrogen-bond donors (Lipinski definition) is 0. The van der Waals surface area contributed by atoms with Gasteiger partial charge in [0.1, 0.15) is 0 Å². The molecule has 5 rings (SSSR count). The molecule has 0 nitrogen and oxygen atoms in total. The topological polar surface area (TPSA) is 0 Å². The quantitative estimate of drug-likeness (QED) is 0.378. The molecule has 30 heavy (non-hydrogen) atoms.